The number of hydrogen-bond acceptors (Lipinski definition) is 8. The van der Waals surface area contributed by atoms with Crippen LogP contribution in [-0.4, -0.2) is 102 Å². The monoisotopic (exact) mass is 668 g/mol. The highest BCUT2D eigenvalue weighted by Crippen LogP contribution is 2.18. The van der Waals surface area contributed by atoms with Crippen LogP contribution in [0.4, 0.5) is 0 Å². The Balaban J connectivity index is 0. The van der Waals surface area contributed by atoms with Gasteiger partial charge in [-0.25, -0.2) is 5.01 Å². The normalized spacial score (nSPS) is 14.6. The lowest BCUT2D eigenvalue weighted by molar-refractivity contribution is 0.00832. The Morgan fingerprint density at radius 3 is 1.51 bits per heavy atom. The van der Waals surface area contributed by atoms with Crippen LogP contribution in [0, 0.1) is 0 Å². The van der Waals surface area contributed by atoms with Crippen molar-refractivity contribution in [2.75, 3.05) is 65.4 Å². The molecule has 2 aromatic rings. The van der Waals surface area contributed by atoms with Crippen molar-refractivity contribution in [2.45, 2.75) is 72.9 Å². The van der Waals surface area contributed by atoms with Crippen LogP contribution in [0.2, 0.25) is 0 Å². The molecule has 2 atom stereocenters. The van der Waals surface area contributed by atoms with Gasteiger partial charge in [-0.05, 0) is 75.2 Å². The Morgan fingerprint density at radius 2 is 1.09 bits per heavy atom. The predicted molar refractivity (Wildman–Crippen MR) is 200 cm³/mol. The Morgan fingerprint density at radius 1 is 0.644 bits per heavy atom. The largest absolute Gasteiger partial charge is 0.344 e. The van der Waals surface area contributed by atoms with Crippen molar-refractivity contribution in [1.29, 1.82) is 0 Å². The van der Waals surface area contributed by atoms with E-state index in [-0.39, 0.29) is 37.1 Å². The minimum absolute atomic E-state index is 0. The van der Waals surface area contributed by atoms with Crippen LogP contribution in [0.25, 0.3) is 0 Å². The molecule has 2 unspecified atom stereocenters. The molecule has 0 saturated heterocycles. The summed E-state index contributed by atoms with van der Waals surface area (Å²) in [7, 11) is 0. The van der Waals surface area contributed by atoms with E-state index in [1.54, 1.807) is 0 Å². The van der Waals surface area contributed by atoms with Gasteiger partial charge in [0.2, 0.25) is 0 Å². The zero-order chi connectivity index (χ0) is 29.5. The van der Waals surface area contributed by atoms with E-state index < -0.39 is 0 Å². The van der Waals surface area contributed by atoms with Gasteiger partial charge in [0, 0.05) is 37.9 Å². The molecule has 0 saturated carbocycles. The third-order valence-corrected chi connectivity index (χ3v) is 8.77. The van der Waals surface area contributed by atoms with Gasteiger partial charge >= 0.3 is 0 Å². The van der Waals surface area contributed by atoms with Crippen molar-refractivity contribution in [3.8, 4) is 0 Å². The molecule has 3 rings (SSSR count). The highest BCUT2D eigenvalue weighted by Gasteiger charge is 2.27. The quantitative estimate of drug-likeness (QED) is 0.152. The third kappa shape index (κ3) is 15.2. The summed E-state index contributed by atoms with van der Waals surface area (Å²) in [6, 6.07) is 22.9. The lowest BCUT2D eigenvalue weighted by Gasteiger charge is -2.42. The van der Waals surface area contributed by atoms with E-state index in [9.17, 15) is 0 Å². The van der Waals surface area contributed by atoms with Gasteiger partial charge in [-0.15, -0.1) is 24.8 Å². The second-order valence-corrected chi connectivity index (χ2v) is 11.3. The van der Waals surface area contributed by atoms with Gasteiger partial charge in [0.1, 0.15) is 0 Å². The fourth-order valence-electron chi connectivity index (χ4n) is 6.29. The van der Waals surface area contributed by atoms with E-state index in [1.165, 1.54) is 16.7 Å². The maximum Gasteiger partial charge on any atom is 0.0510 e. The SMILES string of the molecule is CCN(CC)CCC1=CN(CC(Cc2ccccc2)N(CC)CC)NN(CC(Cc2ccccc2)N(CC)CC)C1.Cl.Cl.N.N. The Labute approximate surface area is 288 Å². The summed E-state index contributed by atoms with van der Waals surface area (Å²) < 4.78 is 0. The molecule has 1 aliphatic rings. The summed E-state index contributed by atoms with van der Waals surface area (Å²) in [5.74, 6) is 0. The molecule has 0 aromatic heterocycles. The Bertz CT molecular complexity index is 986. The minimum Gasteiger partial charge on any atom is -0.344 e. The van der Waals surface area contributed by atoms with E-state index in [4.69, 9.17) is 0 Å². The van der Waals surface area contributed by atoms with Crippen LogP contribution >= 0.6 is 24.8 Å². The van der Waals surface area contributed by atoms with Crippen molar-refractivity contribution in [2.24, 2.45) is 0 Å². The third-order valence-electron chi connectivity index (χ3n) is 8.77. The Hall–Kier alpha value is -1.72. The van der Waals surface area contributed by atoms with Crippen LogP contribution in [0.15, 0.2) is 72.4 Å². The van der Waals surface area contributed by atoms with E-state index in [1.807, 2.05) is 0 Å². The molecular weight excluding hydrogens is 603 g/mol. The van der Waals surface area contributed by atoms with E-state index in [0.29, 0.717) is 12.1 Å². The van der Waals surface area contributed by atoms with Gasteiger partial charge in [-0.1, -0.05) is 102 Å². The van der Waals surface area contributed by atoms with E-state index >= 15 is 0 Å². The molecule has 45 heavy (non-hydrogen) atoms. The molecule has 0 aliphatic carbocycles. The van der Waals surface area contributed by atoms with Crippen molar-refractivity contribution in [1.82, 2.24) is 42.6 Å². The van der Waals surface area contributed by atoms with Crippen LogP contribution in [0.5, 0.6) is 0 Å². The molecule has 1 heterocycles. The molecule has 10 heteroatoms. The fraction of sp³-hybridized carbons (Fsp3) is 0.600. The van der Waals surface area contributed by atoms with Crippen molar-refractivity contribution < 1.29 is 0 Å². The zero-order valence-electron chi connectivity index (χ0n) is 29.2. The van der Waals surface area contributed by atoms with Crippen LogP contribution in [0.1, 0.15) is 59.1 Å². The van der Waals surface area contributed by atoms with E-state index in [2.05, 4.69) is 139 Å². The predicted octanol–water partition coefficient (Wildman–Crippen LogP) is 6.71. The number of halogens is 2. The molecule has 260 valence electrons. The number of likely N-dealkylation sites (N-methyl/N-ethyl adjacent to an activating group) is 2. The minimum atomic E-state index is 0. The van der Waals surface area contributed by atoms with Gasteiger partial charge in [-0.2, -0.15) is 5.53 Å². The molecule has 0 amide bonds. The van der Waals surface area contributed by atoms with Gasteiger partial charge in [-0.3, -0.25) is 9.80 Å². The number of nitrogens with one attached hydrogen (secondary N) is 1. The number of benzene rings is 2. The summed E-state index contributed by atoms with van der Waals surface area (Å²) in [6.07, 6.45) is 5.65. The fourth-order valence-corrected chi connectivity index (χ4v) is 6.29. The van der Waals surface area contributed by atoms with E-state index in [0.717, 1.165) is 84.7 Å². The lowest BCUT2D eigenvalue weighted by atomic mass is 10.0. The smallest absolute Gasteiger partial charge is 0.0510 e. The van der Waals surface area contributed by atoms with Crippen LogP contribution in [-0.2, 0) is 12.8 Å². The molecule has 8 nitrogen and oxygen atoms in total. The van der Waals surface area contributed by atoms with Gasteiger partial charge in [0.25, 0.3) is 0 Å². The van der Waals surface area contributed by atoms with Gasteiger partial charge in [0.05, 0.1) is 6.54 Å². The second-order valence-electron chi connectivity index (χ2n) is 11.3. The number of hydrazine groups is 2. The molecular formula is C35H66Cl2N8. The first-order chi connectivity index (χ1) is 20.0. The second kappa shape index (κ2) is 25.4. The molecule has 1 aliphatic heterocycles. The highest BCUT2D eigenvalue weighted by atomic mass is 35.5. The van der Waals surface area contributed by atoms with Gasteiger partial charge < -0.3 is 22.2 Å². The summed E-state index contributed by atoms with van der Waals surface area (Å²) in [5, 5.41) is 4.89. The lowest BCUT2D eigenvalue weighted by Crippen LogP contribution is -2.59. The molecule has 0 spiro atoms. The number of rotatable bonds is 19. The molecule has 2 aromatic carbocycles. The van der Waals surface area contributed by atoms with Gasteiger partial charge in [0.15, 0.2) is 0 Å². The molecule has 0 fully saturated rings. The first-order valence-electron chi connectivity index (χ1n) is 16.3. The topological polar surface area (TPSA) is 98.2 Å². The maximum atomic E-state index is 3.86. The average molecular weight is 670 g/mol. The number of hydrogen-bond donors (Lipinski definition) is 3. The first kappa shape index (κ1) is 45.4. The van der Waals surface area contributed by atoms with Crippen molar-refractivity contribution in [3.05, 3.63) is 83.6 Å². The van der Waals surface area contributed by atoms with Crippen LogP contribution in [0.3, 0.4) is 0 Å². The standard InChI is InChI=1S/C35H58N6.2ClH.2H3N/c1-7-37(8-2)24-23-33-27-40(29-34(38(9-3)10-4)25-31-19-15-13-16-20-31)36-41(28-33)30-35(39(11-5)12-6)26-32-21-17-14-18-22-32;;;;/h13-22,27,34-36H,7-12,23-26,28-30H2,1-6H3;2*1H;2*1H3. The average Bonchev–Trinajstić information content (AvgIpc) is 3.00. The molecule has 0 bridgehead atoms. The maximum absolute atomic E-state index is 3.86. The van der Waals surface area contributed by atoms with Crippen molar-refractivity contribution >= 4 is 24.8 Å². The Kier molecular flexibility index (Phi) is 25.6. The molecule has 7 N–H and O–H groups in total. The van der Waals surface area contributed by atoms with Crippen molar-refractivity contribution in [3.63, 3.8) is 0 Å². The zero-order valence-corrected chi connectivity index (χ0v) is 30.8. The van der Waals surface area contributed by atoms with Crippen LogP contribution < -0.4 is 17.8 Å². The summed E-state index contributed by atoms with van der Waals surface area (Å²) in [6.45, 7) is 24.2. The summed E-state index contributed by atoms with van der Waals surface area (Å²) in [5.41, 5.74) is 8.21. The number of nitrogens with zero attached hydrogens (tertiary/aromatic N) is 5. The highest BCUT2D eigenvalue weighted by molar-refractivity contribution is 5.85. The molecule has 0 radical (unpaired) electrons. The summed E-state index contributed by atoms with van der Waals surface area (Å²) in [4.78, 5) is 7.78. The summed E-state index contributed by atoms with van der Waals surface area (Å²) >= 11 is 0. The first-order valence-corrected chi connectivity index (χ1v) is 16.3.